The van der Waals surface area contributed by atoms with Gasteiger partial charge in [-0.25, -0.2) is 0 Å². The fourth-order valence-corrected chi connectivity index (χ4v) is 7.16. The van der Waals surface area contributed by atoms with Crippen LogP contribution in [0.15, 0.2) is 55.6 Å². The lowest BCUT2D eigenvalue weighted by Gasteiger charge is -2.43. The Morgan fingerprint density at radius 3 is 2.51 bits per heavy atom. The lowest BCUT2D eigenvalue weighted by molar-refractivity contribution is -0.163. The molecule has 4 rings (SSSR count). The van der Waals surface area contributed by atoms with Crippen LogP contribution in [0.1, 0.15) is 65.4 Å². The molecular formula is C33H46N2O6. The number of rotatable bonds is 13. The molecule has 2 bridgehead atoms. The molecule has 8 nitrogen and oxygen atoms in total. The van der Waals surface area contributed by atoms with Crippen LogP contribution in [-0.2, 0) is 30.3 Å². The van der Waals surface area contributed by atoms with E-state index in [0.29, 0.717) is 25.7 Å². The predicted octanol–water partition coefficient (Wildman–Crippen LogP) is 4.07. The molecule has 1 N–H and O–H groups in total. The van der Waals surface area contributed by atoms with Crippen molar-refractivity contribution in [2.75, 3.05) is 19.8 Å². The summed E-state index contributed by atoms with van der Waals surface area (Å²) in [5.41, 5.74) is -1.73. The zero-order chi connectivity index (χ0) is 30.0. The summed E-state index contributed by atoms with van der Waals surface area (Å²) in [7, 11) is 0. The number of aliphatic hydroxyl groups is 1. The number of carbonyl (C=O) groups is 3. The zero-order valence-electron chi connectivity index (χ0n) is 25.0. The van der Waals surface area contributed by atoms with E-state index in [1.165, 1.54) is 4.90 Å². The van der Waals surface area contributed by atoms with E-state index in [1.54, 1.807) is 11.0 Å². The predicted molar refractivity (Wildman–Crippen MR) is 157 cm³/mol. The first-order chi connectivity index (χ1) is 19.4. The number of allylic oxidation sites excluding steroid dienone is 1. The van der Waals surface area contributed by atoms with E-state index in [0.717, 1.165) is 18.4 Å². The number of likely N-dealkylation sites (tertiary alicyclic amines) is 1. The van der Waals surface area contributed by atoms with Crippen molar-refractivity contribution in [3.63, 3.8) is 0 Å². The van der Waals surface area contributed by atoms with Gasteiger partial charge < -0.3 is 24.4 Å². The molecule has 0 radical (unpaired) electrons. The molecule has 3 aliphatic rings. The minimum atomic E-state index is -1.19. The van der Waals surface area contributed by atoms with Gasteiger partial charge in [0.05, 0.1) is 30.8 Å². The van der Waals surface area contributed by atoms with Crippen molar-refractivity contribution in [1.82, 2.24) is 9.80 Å². The second kappa shape index (κ2) is 12.1. The van der Waals surface area contributed by atoms with E-state index in [4.69, 9.17) is 9.47 Å². The Morgan fingerprint density at radius 2 is 1.90 bits per heavy atom. The Bertz CT molecular complexity index is 1150. The van der Waals surface area contributed by atoms with Crippen LogP contribution in [0.3, 0.4) is 0 Å². The molecule has 6 atom stereocenters. The molecule has 1 aromatic rings. The summed E-state index contributed by atoms with van der Waals surface area (Å²) in [6.07, 6.45) is 7.26. The Kier molecular flexibility index (Phi) is 9.14. The molecule has 0 saturated carbocycles. The number of hydrogen-bond donors (Lipinski definition) is 1. The van der Waals surface area contributed by atoms with Gasteiger partial charge in [-0.3, -0.25) is 14.4 Å². The minimum absolute atomic E-state index is 0.254. The van der Waals surface area contributed by atoms with Crippen molar-refractivity contribution in [3.05, 3.63) is 61.2 Å². The van der Waals surface area contributed by atoms with Gasteiger partial charge in [-0.15, -0.1) is 13.2 Å². The molecule has 3 saturated heterocycles. The third kappa shape index (κ3) is 5.61. The maximum Gasteiger partial charge on any atom is 0.312 e. The van der Waals surface area contributed by atoms with E-state index in [9.17, 15) is 19.5 Å². The number of benzene rings is 1. The van der Waals surface area contributed by atoms with Gasteiger partial charge in [0.25, 0.3) is 0 Å². The lowest BCUT2D eigenvalue weighted by Crippen LogP contribution is -2.62. The van der Waals surface area contributed by atoms with Crippen molar-refractivity contribution in [2.45, 2.75) is 95.0 Å². The number of hydrogen-bond acceptors (Lipinski definition) is 6. The monoisotopic (exact) mass is 566 g/mol. The van der Waals surface area contributed by atoms with Gasteiger partial charge in [-0.05, 0) is 71.8 Å². The van der Waals surface area contributed by atoms with Crippen molar-refractivity contribution < 1.29 is 29.0 Å². The highest BCUT2D eigenvalue weighted by Crippen LogP contribution is 2.64. The molecule has 3 fully saturated rings. The summed E-state index contributed by atoms with van der Waals surface area (Å²) in [5, 5.41) is 10.6. The number of unbranched alkanes of at least 4 members (excludes halogenated alkanes) is 2. The quantitative estimate of drug-likeness (QED) is 0.220. The highest BCUT2D eigenvalue weighted by Gasteiger charge is 2.79. The normalized spacial score (nSPS) is 29.2. The van der Waals surface area contributed by atoms with Crippen LogP contribution in [0.4, 0.5) is 0 Å². The topological polar surface area (TPSA) is 96.4 Å². The van der Waals surface area contributed by atoms with Gasteiger partial charge >= 0.3 is 5.97 Å². The summed E-state index contributed by atoms with van der Waals surface area (Å²) in [6, 6.07) is 7.93. The average molecular weight is 567 g/mol. The van der Waals surface area contributed by atoms with Gasteiger partial charge in [-0.2, -0.15) is 0 Å². The summed E-state index contributed by atoms with van der Waals surface area (Å²) in [6.45, 7) is 15.5. The van der Waals surface area contributed by atoms with Gasteiger partial charge in [0.1, 0.15) is 17.6 Å². The van der Waals surface area contributed by atoms with Crippen LogP contribution in [0.5, 0.6) is 0 Å². The summed E-state index contributed by atoms with van der Waals surface area (Å²) in [5.74, 6) is -2.75. The molecule has 2 unspecified atom stereocenters. The molecule has 3 heterocycles. The first-order valence-corrected chi connectivity index (χ1v) is 14.8. The molecule has 41 heavy (non-hydrogen) atoms. The number of esters is 1. The summed E-state index contributed by atoms with van der Waals surface area (Å²) in [4.78, 5) is 46.0. The van der Waals surface area contributed by atoms with Crippen LogP contribution < -0.4 is 0 Å². The average Bonchev–Trinajstić information content (AvgIpc) is 3.50. The van der Waals surface area contributed by atoms with Crippen LogP contribution >= 0.6 is 0 Å². The van der Waals surface area contributed by atoms with E-state index in [2.05, 4.69) is 13.2 Å². The maximum absolute atomic E-state index is 14.6. The Morgan fingerprint density at radius 1 is 1.20 bits per heavy atom. The molecule has 3 aliphatic heterocycles. The lowest BCUT2D eigenvalue weighted by atomic mass is 9.66. The molecule has 2 amide bonds. The van der Waals surface area contributed by atoms with Crippen molar-refractivity contribution in [2.24, 2.45) is 11.8 Å². The molecule has 224 valence electrons. The molecule has 1 spiro atoms. The van der Waals surface area contributed by atoms with Gasteiger partial charge in [-0.1, -0.05) is 42.5 Å². The first-order valence-electron chi connectivity index (χ1n) is 14.8. The number of nitrogens with zero attached hydrogens (tertiary/aromatic N) is 2. The fraction of sp³-hybridized carbons (Fsp3) is 0.606. The highest BCUT2D eigenvalue weighted by molar-refractivity contribution is 5.99. The molecular weight excluding hydrogens is 520 g/mol. The van der Waals surface area contributed by atoms with Crippen LogP contribution in [-0.4, -0.2) is 81.3 Å². The zero-order valence-corrected chi connectivity index (χ0v) is 25.0. The number of carbonyl (C=O) groups excluding carboxylic acids is 3. The second-order valence-corrected chi connectivity index (χ2v) is 12.9. The van der Waals surface area contributed by atoms with Crippen LogP contribution in [0.25, 0.3) is 0 Å². The van der Waals surface area contributed by atoms with E-state index in [-0.39, 0.29) is 31.6 Å². The van der Waals surface area contributed by atoms with Crippen molar-refractivity contribution in [1.29, 1.82) is 0 Å². The third-order valence-electron chi connectivity index (χ3n) is 9.06. The van der Waals surface area contributed by atoms with Gasteiger partial charge in [0.15, 0.2) is 0 Å². The first kappa shape index (κ1) is 31.0. The SMILES string of the molecule is C=CCCCCOC(=O)[C@H]1[C@H]2C(=O)N([C@@H](CO)Cc3ccccc3)C(C(=O)N(CC=C)C(C)(C)C)C23CC[C@]1(C)O3. The number of amides is 2. The van der Waals surface area contributed by atoms with Gasteiger partial charge in [0.2, 0.25) is 11.8 Å². The summed E-state index contributed by atoms with van der Waals surface area (Å²) >= 11 is 0. The third-order valence-corrected chi connectivity index (χ3v) is 9.06. The van der Waals surface area contributed by atoms with Gasteiger partial charge in [0, 0.05) is 12.1 Å². The fourth-order valence-electron chi connectivity index (χ4n) is 7.16. The number of fused-ring (bicyclic) bond motifs is 1. The molecule has 8 heteroatoms. The number of aliphatic hydroxyl groups excluding tert-OH is 1. The Balaban J connectivity index is 1.75. The van der Waals surface area contributed by atoms with Crippen molar-refractivity contribution >= 4 is 17.8 Å². The van der Waals surface area contributed by atoms with E-state index >= 15 is 0 Å². The molecule has 0 aliphatic carbocycles. The van der Waals surface area contributed by atoms with E-state index in [1.807, 2.05) is 64.1 Å². The minimum Gasteiger partial charge on any atom is -0.465 e. The second-order valence-electron chi connectivity index (χ2n) is 12.9. The van der Waals surface area contributed by atoms with E-state index < -0.39 is 46.6 Å². The Hall–Kier alpha value is -2.97. The molecule has 1 aromatic carbocycles. The molecule has 0 aromatic heterocycles. The highest BCUT2D eigenvalue weighted by atomic mass is 16.6. The smallest absolute Gasteiger partial charge is 0.312 e. The van der Waals surface area contributed by atoms with Crippen LogP contribution in [0, 0.1) is 11.8 Å². The largest absolute Gasteiger partial charge is 0.465 e. The van der Waals surface area contributed by atoms with Crippen LogP contribution in [0.2, 0.25) is 0 Å². The number of ether oxygens (including phenoxy) is 2. The van der Waals surface area contributed by atoms with Crippen molar-refractivity contribution in [3.8, 4) is 0 Å². The standard InChI is InChI=1S/C33H46N2O6/c1-7-9-10-14-20-40-30(39)26-25-28(37)35(24(22-36)21-23-15-12-11-13-16-23)27(33(25)18-17-32(26,6)41-33)29(38)34(19-8-2)31(3,4)5/h7-8,11-13,15-16,24-27,36H,1-2,9-10,14,17-22H2,3-6H3/t24-,25+,26-,27?,32+,33?/m1/s1. The summed E-state index contributed by atoms with van der Waals surface area (Å²) < 4.78 is 12.5. The Labute approximate surface area is 244 Å². The maximum atomic E-state index is 14.6.